The van der Waals surface area contributed by atoms with E-state index in [1.807, 2.05) is 0 Å². The number of nitrogens with one attached hydrogen (secondary N) is 2. The van der Waals surface area contributed by atoms with Crippen molar-refractivity contribution in [3.05, 3.63) is 70.7 Å². The number of methoxy groups -OCH3 is 1. The minimum atomic E-state index is -0.617. The van der Waals surface area contributed by atoms with Gasteiger partial charge in [0.2, 0.25) is 11.6 Å². The van der Waals surface area contributed by atoms with E-state index in [2.05, 4.69) is 25.6 Å². The first-order valence-corrected chi connectivity index (χ1v) is 7.72. The van der Waals surface area contributed by atoms with Gasteiger partial charge in [0.05, 0.1) is 23.3 Å². The molecule has 10 heteroatoms. The normalized spacial score (nSPS) is 10.1. The summed E-state index contributed by atoms with van der Waals surface area (Å²) in [5.74, 6) is -0.307. The van der Waals surface area contributed by atoms with Crippen LogP contribution in [0.5, 0.6) is 0 Å². The number of esters is 1. The van der Waals surface area contributed by atoms with Crippen molar-refractivity contribution >= 4 is 34.8 Å². The van der Waals surface area contributed by atoms with Crippen molar-refractivity contribution in [3.63, 3.8) is 0 Å². The fraction of sp³-hybridized carbons (Fsp3) is 0.0588. The summed E-state index contributed by atoms with van der Waals surface area (Å²) >= 11 is 0. The number of anilines is 4. The van der Waals surface area contributed by atoms with E-state index in [-0.39, 0.29) is 22.9 Å². The summed E-state index contributed by atoms with van der Waals surface area (Å²) in [5.41, 5.74) is 0.143. The van der Waals surface area contributed by atoms with E-state index in [9.17, 15) is 14.9 Å². The van der Waals surface area contributed by atoms with E-state index in [1.54, 1.807) is 42.6 Å². The number of benzene rings is 1. The fourth-order valence-electron chi connectivity index (χ4n) is 2.30. The van der Waals surface area contributed by atoms with Gasteiger partial charge in [0.25, 0.3) is 0 Å². The third-order valence-electron chi connectivity index (χ3n) is 3.50. The van der Waals surface area contributed by atoms with Crippen LogP contribution in [-0.2, 0) is 4.74 Å². The number of aromatic nitrogens is 3. The lowest BCUT2D eigenvalue weighted by molar-refractivity contribution is -0.383. The van der Waals surface area contributed by atoms with E-state index in [4.69, 9.17) is 4.74 Å². The van der Waals surface area contributed by atoms with Crippen LogP contribution in [0, 0.1) is 10.1 Å². The zero-order chi connectivity index (χ0) is 19.2. The number of nitrogens with zero attached hydrogens (tertiary/aromatic N) is 4. The molecule has 2 N–H and O–H groups in total. The van der Waals surface area contributed by atoms with E-state index in [1.165, 1.54) is 19.5 Å². The molecule has 0 aliphatic carbocycles. The Morgan fingerprint density at radius 1 is 1.04 bits per heavy atom. The molecule has 2 heterocycles. The van der Waals surface area contributed by atoms with Crippen LogP contribution in [0.25, 0.3) is 0 Å². The molecule has 136 valence electrons. The van der Waals surface area contributed by atoms with Crippen molar-refractivity contribution in [3.8, 4) is 0 Å². The largest absolute Gasteiger partial charge is 0.465 e. The molecule has 10 nitrogen and oxygen atoms in total. The second kappa shape index (κ2) is 7.87. The van der Waals surface area contributed by atoms with Gasteiger partial charge in [-0.25, -0.2) is 19.7 Å². The summed E-state index contributed by atoms with van der Waals surface area (Å²) in [6.45, 7) is 0. The van der Waals surface area contributed by atoms with Crippen LogP contribution in [0.4, 0.5) is 28.8 Å². The summed E-state index contributed by atoms with van der Waals surface area (Å²) in [4.78, 5) is 34.9. The van der Waals surface area contributed by atoms with Gasteiger partial charge < -0.3 is 15.4 Å². The van der Waals surface area contributed by atoms with Crippen LogP contribution < -0.4 is 10.6 Å². The molecule has 0 fully saturated rings. The molecule has 0 spiro atoms. The Bertz CT molecular complexity index is 980. The van der Waals surface area contributed by atoms with Gasteiger partial charge in [0.1, 0.15) is 12.1 Å². The van der Waals surface area contributed by atoms with Crippen LogP contribution in [0.15, 0.2) is 55.0 Å². The highest BCUT2D eigenvalue weighted by Gasteiger charge is 2.24. The second-order valence-electron chi connectivity index (χ2n) is 5.18. The average Bonchev–Trinajstić information content (AvgIpc) is 2.68. The number of ether oxygens (including phenoxy) is 1. The summed E-state index contributed by atoms with van der Waals surface area (Å²) < 4.78 is 4.73. The fourth-order valence-corrected chi connectivity index (χ4v) is 2.30. The second-order valence-corrected chi connectivity index (χ2v) is 5.18. The number of nitro groups is 1. The number of carbonyl (C=O) groups is 1. The standard InChI is InChI=1S/C17H14N6O4/c1-27-17(24)11-6-2-3-7-12(11)21-15-14(23(25)26)16(20-10-19-15)22-13-8-4-5-9-18-13/h2-10H,1H3,(H2,18,19,20,21,22). The first-order valence-electron chi connectivity index (χ1n) is 7.72. The van der Waals surface area contributed by atoms with Crippen molar-refractivity contribution in [1.82, 2.24) is 15.0 Å². The van der Waals surface area contributed by atoms with E-state index < -0.39 is 10.9 Å². The number of carbonyl (C=O) groups excluding carboxylic acids is 1. The summed E-state index contributed by atoms with van der Waals surface area (Å²) in [5, 5.41) is 17.2. The topological polar surface area (TPSA) is 132 Å². The maximum Gasteiger partial charge on any atom is 0.353 e. The summed E-state index contributed by atoms with van der Waals surface area (Å²) in [6.07, 6.45) is 2.71. The van der Waals surface area contributed by atoms with Crippen molar-refractivity contribution in [1.29, 1.82) is 0 Å². The number of hydrogen-bond donors (Lipinski definition) is 2. The van der Waals surface area contributed by atoms with Crippen molar-refractivity contribution in [2.45, 2.75) is 0 Å². The number of rotatable bonds is 6. The van der Waals surface area contributed by atoms with E-state index in [0.717, 1.165) is 0 Å². The molecule has 0 saturated carbocycles. The number of para-hydroxylation sites is 1. The van der Waals surface area contributed by atoms with E-state index >= 15 is 0 Å². The van der Waals surface area contributed by atoms with Crippen LogP contribution in [0.2, 0.25) is 0 Å². The van der Waals surface area contributed by atoms with Crippen molar-refractivity contribution in [2.24, 2.45) is 0 Å². The molecule has 2 aromatic heterocycles. The van der Waals surface area contributed by atoms with Crippen molar-refractivity contribution in [2.75, 3.05) is 17.7 Å². The van der Waals surface area contributed by atoms with Crippen LogP contribution in [0.3, 0.4) is 0 Å². The Kier molecular flexibility index (Phi) is 5.17. The molecule has 3 rings (SSSR count). The molecule has 0 aliphatic heterocycles. The average molecular weight is 366 g/mol. The molecular weight excluding hydrogens is 352 g/mol. The maximum atomic E-state index is 11.9. The van der Waals surface area contributed by atoms with E-state index in [0.29, 0.717) is 11.5 Å². The lowest BCUT2D eigenvalue weighted by atomic mass is 10.2. The van der Waals surface area contributed by atoms with Gasteiger partial charge in [-0.1, -0.05) is 18.2 Å². The highest BCUT2D eigenvalue weighted by Crippen LogP contribution is 2.33. The smallest absolute Gasteiger partial charge is 0.353 e. The third-order valence-corrected chi connectivity index (χ3v) is 3.50. The Morgan fingerprint density at radius 2 is 1.74 bits per heavy atom. The molecule has 0 aliphatic rings. The van der Waals surface area contributed by atoms with Gasteiger partial charge in [-0.05, 0) is 24.3 Å². The predicted octanol–water partition coefficient (Wildman–Crippen LogP) is 3.05. The molecule has 1 aromatic carbocycles. The van der Waals surface area contributed by atoms with Crippen LogP contribution >= 0.6 is 0 Å². The lowest BCUT2D eigenvalue weighted by Gasteiger charge is -2.12. The Hall–Kier alpha value is -4.08. The van der Waals surface area contributed by atoms with Gasteiger partial charge in [-0.2, -0.15) is 0 Å². The predicted molar refractivity (Wildman–Crippen MR) is 97.3 cm³/mol. The minimum absolute atomic E-state index is 0.0354. The third kappa shape index (κ3) is 3.95. The molecule has 0 amide bonds. The van der Waals surface area contributed by atoms with Gasteiger partial charge in [-0.3, -0.25) is 10.1 Å². The molecule has 0 saturated heterocycles. The summed E-state index contributed by atoms with van der Waals surface area (Å²) in [7, 11) is 1.25. The molecule has 0 radical (unpaired) electrons. The van der Waals surface area contributed by atoms with Crippen LogP contribution in [-0.4, -0.2) is 33.0 Å². The zero-order valence-corrected chi connectivity index (χ0v) is 14.1. The first kappa shape index (κ1) is 17.7. The highest BCUT2D eigenvalue weighted by molar-refractivity contribution is 5.96. The quantitative estimate of drug-likeness (QED) is 0.383. The van der Waals surface area contributed by atoms with Gasteiger partial charge in [0, 0.05) is 6.20 Å². The SMILES string of the molecule is COC(=O)c1ccccc1Nc1ncnc(Nc2ccccn2)c1[N+](=O)[O-]. The Labute approximate surface area is 153 Å². The molecule has 3 aromatic rings. The molecule has 27 heavy (non-hydrogen) atoms. The molecular formula is C17H14N6O4. The number of pyridine rings is 1. The molecule has 0 atom stereocenters. The highest BCUT2D eigenvalue weighted by atomic mass is 16.6. The maximum absolute atomic E-state index is 11.9. The van der Waals surface area contributed by atoms with Crippen molar-refractivity contribution < 1.29 is 14.5 Å². The summed E-state index contributed by atoms with van der Waals surface area (Å²) in [6, 6.07) is 11.5. The number of hydrogen-bond acceptors (Lipinski definition) is 9. The zero-order valence-electron chi connectivity index (χ0n) is 14.1. The minimum Gasteiger partial charge on any atom is -0.465 e. The van der Waals surface area contributed by atoms with Gasteiger partial charge in [-0.15, -0.1) is 0 Å². The monoisotopic (exact) mass is 366 g/mol. The Balaban J connectivity index is 2.01. The lowest BCUT2D eigenvalue weighted by Crippen LogP contribution is -2.09. The Morgan fingerprint density at radius 3 is 2.41 bits per heavy atom. The molecule has 0 bridgehead atoms. The van der Waals surface area contributed by atoms with Gasteiger partial charge >= 0.3 is 11.7 Å². The first-order chi connectivity index (χ1) is 13.1. The molecule has 0 unspecified atom stereocenters. The van der Waals surface area contributed by atoms with Gasteiger partial charge in [0.15, 0.2) is 0 Å². The van der Waals surface area contributed by atoms with Crippen LogP contribution in [0.1, 0.15) is 10.4 Å².